The molecule has 2 rings (SSSR count). The van der Waals surface area contributed by atoms with Crippen LogP contribution in [0.1, 0.15) is 5.56 Å². The fourth-order valence-corrected chi connectivity index (χ4v) is 2.39. The lowest BCUT2D eigenvalue weighted by molar-refractivity contribution is 0.108. The van der Waals surface area contributed by atoms with Crippen molar-refractivity contribution in [3.63, 3.8) is 0 Å². The number of para-hydroxylation sites is 1. The topological polar surface area (TPSA) is 35.9 Å². The summed E-state index contributed by atoms with van der Waals surface area (Å²) in [5.41, 5.74) is 1.25. The van der Waals surface area contributed by atoms with Crippen LogP contribution in [0.25, 0.3) is 0 Å². The van der Waals surface area contributed by atoms with E-state index in [1.54, 1.807) is 7.11 Å². The van der Waals surface area contributed by atoms with E-state index in [9.17, 15) is 0 Å². The number of aliphatic hydroxyl groups excluding tert-OH is 1. The summed E-state index contributed by atoms with van der Waals surface area (Å²) in [6, 6.07) is 8.19. The van der Waals surface area contributed by atoms with Crippen LogP contribution in [-0.4, -0.2) is 61.3 Å². The highest BCUT2D eigenvalue weighted by Gasteiger charge is 2.17. The Balaban J connectivity index is 1.87. The zero-order valence-corrected chi connectivity index (χ0v) is 11.0. The van der Waals surface area contributed by atoms with E-state index >= 15 is 0 Å². The fraction of sp³-hybridized carbons (Fsp3) is 0.571. The lowest BCUT2D eigenvalue weighted by atomic mass is 10.1. The van der Waals surface area contributed by atoms with Gasteiger partial charge < -0.3 is 9.84 Å². The third kappa shape index (κ3) is 3.45. The molecule has 1 aliphatic rings. The molecule has 0 unspecified atom stereocenters. The van der Waals surface area contributed by atoms with E-state index in [4.69, 9.17) is 9.84 Å². The van der Waals surface area contributed by atoms with Gasteiger partial charge in [-0.1, -0.05) is 18.2 Å². The number of rotatable bonds is 5. The monoisotopic (exact) mass is 250 g/mol. The summed E-state index contributed by atoms with van der Waals surface area (Å²) in [7, 11) is 1.72. The standard InChI is InChI=1S/C14H22N2O2/c1-18-14-5-3-2-4-13(14)12-16-8-6-15(7-9-16)10-11-17/h2-5,17H,6-12H2,1H3. The molecule has 0 atom stereocenters. The van der Waals surface area contributed by atoms with Gasteiger partial charge in [0.1, 0.15) is 5.75 Å². The van der Waals surface area contributed by atoms with Crippen molar-refractivity contribution in [3.8, 4) is 5.75 Å². The number of piperazine rings is 1. The van der Waals surface area contributed by atoms with Gasteiger partial charge in [-0.3, -0.25) is 9.80 Å². The van der Waals surface area contributed by atoms with E-state index in [0.29, 0.717) is 0 Å². The molecule has 0 amide bonds. The Labute approximate surface area is 109 Å². The minimum Gasteiger partial charge on any atom is -0.496 e. The third-order valence-corrected chi connectivity index (χ3v) is 3.47. The van der Waals surface area contributed by atoms with E-state index in [2.05, 4.69) is 21.9 Å². The van der Waals surface area contributed by atoms with Crippen LogP contribution >= 0.6 is 0 Å². The van der Waals surface area contributed by atoms with Gasteiger partial charge in [-0.25, -0.2) is 0 Å². The van der Waals surface area contributed by atoms with Crippen LogP contribution in [0.15, 0.2) is 24.3 Å². The van der Waals surface area contributed by atoms with Gasteiger partial charge in [0.2, 0.25) is 0 Å². The summed E-state index contributed by atoms with van der Waals surface area (Å²) in [6.45, 7) is 6.17. The van der Waals surface area contributed by atoms with E-state index < -0.39 is 0 Å². The summed E-state index contributed by atoms with van der Waals surface area (Å²) < 4.78 is 5.38. The lowest BCUT2D eigenvalue weighted by Crippen LogP contribution is -2.46. The number of hydrogen-bond donors (Lipinski definition) is 1. The van der Waals surface area contributed by atoms with Gasteiger partial charge in [-0.2, -0.15) is 0 Å². The minimum atomic E-state index is 0.256. The molecule has 0 aromatic heterocycles. The number of β-amino-alcohol motifs (C(OH)–C–C–N with tert-alkyl or cyclic N) is 1. The van der Waals surface area contributed by atoms with Gasteiger partial charge in [0.05, 0.1) is 13.7 Å². The van der Waals surface area contributed by atoms with Crippen molar-refractivity contribution in [2.24, 2.45) is 0 Å². The van der Waals surface area contributed by atoms with Gasteiger partial charge in [0, 0.05) is 44.8 Å². The normalized spacial score (nSPS) is 17.9. The Morgan fingerprint density at radius 1 is 1.11 bits per heavy atom. The second kappa shape index (κ2) is 6.73. The smallest absolute Gasteiger partial charge is 0.123 e. The number of nitrogens with zero attached hydrogens (tertiary/aromatic N) is 2. The minimum absolute atomic E-state index is 0.256. The number of hydrogen-bond acceptors (Lipinski definition) is 4. The summed E-state index contributed by atoms with van der Waals surface area (Å²) in [5.74, 6) is 0.968. The summed E-state index contributed by atoms with van der Waals surface area (Å²) in [4.78, 5) is 4.74. The molecule has 4 nitrogen and oxygen atoms in total. The Bertz CT molecular complexity index is 363. The zero-order chi connectivity index (χ0) is 12.8. The zero-order valence-electron chi connectivity index (χ0n) is 11.0. The van der Waals surface area contributed by atoms with E-state index in [1.165, 1.54) is 5.56 Å². The maximum absolute atomic E-state index is 8.92. The van der Waals surface area contributed by atoms with E-state index in [-0.39, 0.29) is 6.61 Å². The Kier molecular flexibility index (Phi) is 4.99. The molecule has 1 aromatic carbocycles. The summed E-state index contributed by atoms with van der Waals surface area (Å²) in [5, 5.41) is 8.92. The molecule has 0 aliphatic carbocycles. The average molecular weight is 250 g/mol. The van der Waals surface area contributed by atoms with Crippen molar-refractivity contribution >= 4 is 0 Å². The molecule has 0 saturated carbocycles. The predicted octanol–water partition coefficient (Wildman–Crippen LogP) is 0.805. The molecule has 18 heavy (non-hydrogen) atoms. The molecule has 4 heteroatoms. The summed E-state index contributed by atoms with van der Waals surface area (Å²) in [6.07, 6.45) is 0. The van der Waals surface area contributed by atoms with Crippen LogP contribution in [0.3, 0.4) is 0 Å². The Morgan fingerprint density at radius 2 is 1.78 bits per heavy atom. The van der Waals surface area contributed by atoms with Gasteiger partial charge in [-0.15, -0.1) is 0 Å². The fourth-order valence-electron chi connectivity index (χ4n) is 2.39. The number of aliphatic hydroxyl groups is 1. The first-order valence-electron chi connectivity index (χ1n) is 6.51. The SMILES string of the molecule is COc1ccccc1CN1CCN(CCO)CC1. The molecule has 1 heterocycles. The van der Waals surface area contributed by atoms with Crippen LogP contribution in [0.5, 0.6) is 5.75 Å². The molecule has 0 bridgehead atoms. The van der Waals surface area contributed by atoms with Crippen LogP contribution in [0.2, 0.25) is 0 Å². The third-order valence-electron chi connectivity index (χ3n) is 3.47. The van der Waals surface area contributed by atoms with Gasteiger partial charge in [-0.05, 0) is 6.07 Å². The molecule has 1 aliphatic heterocycles. The Morgan fingerprint density at radius 3 is 2.44 bits per heavy atom. The molecular weight excluding hydrogens is 228 g/mol. The van der Waals surface area contributed by atoms with Gasteiger partial charge in [0.25, 0.3) is 0 Å². The average Bonchev–Trinajstić information content (AvgIpc) is 2.42. The first kappa shape index (κ1) is 13.3. The number of benzene rings is 1. The molecule has 1 N–H and O–H groups in total. The van der Waals surface area contributed by atoms with Crippen molar-refractivity contribution in [1.29, 1.82) is 0 Å². The van der Waals surface area contributed by atoms with E-state index in [1.807, 2.05) is 12.1 Å². The van der Waals surface area contributed by atoms with Crippen LogP contribution in [0, 0.1) is 0 Å². The van der Waals surface area contributed by atoms with Crippen molar-refractivity contribution in [2.45, 2.75) is 6.54 Å². The highest BCUT2D eigenvalue weighted by molar-refractivity contribution is 5.33. The predicted molar refractivity (Wildman–Crippen MR) is 71.8 cm³/mol. The Hall–Kier alpha value is -1.10. The maximum Gasteiger partial charge on any atom is 0.123 e. The van der Waals surface area contributed by atoms with Gasteiger partial charge >= 0.3 is 0 Å². The van der Waals surface area contributed by atoms with Crippen molar-refractivity contribution in [1.82, 2.24) is 9.80 Å². The molecule has 0 radical (unpaired) electrons. The van der Waals surface area contributed by atoms with Crippen LogP contribution in [-0.2, 0) is 6.54 Å². The van der Waals surface area contributed by atoms with Crippen molar-refractivity contribution in [2.75, 3.05) is 46.4 Å². The van der Waals surface area contributed by atoms with Crippen LogP contribution in [0.4, 0.5) is 0 Å². The summed E-state index contributed by atoms with van der Waals surface area (Å²) >= 11 is 0. The largest absolute Gasteiger partial charge is 0.496 e. The quantitative estimate of drug-likeness (QED) is 0.839. The van der Waals surface area contributed by atoms with Crippen molar-refractivity contribution in [3.05, 3.63) is 29.8 Å². The number of methoxy groups -OCH3 is 1. The number of ether oxygens (including phenoxy) is 1. The molecule has 100 valence electrons. The molecule has 0 spiro atoms. The lowest BCUT2D eigenvalue weighted by Gasteiger charge is -2.34. The second-order valence-corrected chi connectivity index (χ2v) is 4.65. The first-order chi connectivity index (χ1) is 8.83. The van der Waals surface area contributed by atoms with Crippen LogP contribution < -0.4 is 4.74 Å². The molecule has 1 aromatic rings. The first-order valence-corrected chi connectivity index (χ1v) is 6.51. The highest BCUT2D eigenvalue weighted by atomic mass is 16.5. The molecule has 1 saturated heterocycles. The van der Waals surface area contributed by atoms with Crippen molar-refractivity contribution < 1.29 is 9.84 Å². The second-order valence-electron chi connectivity index (χ2n) is 4.65. The maximum atomic E-state index is 8.92. The van der Waals surface area contributed by atoms with E-state index in [0.717, 1.165) is 45.0 Å². The highest BCUT2D eigenvalue weighted by Crippen LogP contribution is 2.19. The molecule has 1 fully saturated rings. The van der Waals surface area contributed by atoms with Gasteiger partial charge in [0.15, 0.2) is 0 Å². The molecular formula is C14H22N2O2.